The molecule has 1 heterocycles. The molecule has 3 rings (SSSR count). The predicted octanol–water partition coefficient (Wildman–Crippen LogP) is 0.925. The second-order valence-electron chi connectivity index (χ2n) is 3.32. The van der Waals surface area contributed by atoms with E-state index in [1.54, 1.807) is 0 Å². The Balaban J connectivity index is 0.000000611. The SMILES string of the molecule is CO.[B]1c2ccccc2-c2ccccc21.[Y].[Y]. The minimum atomic E-state index is 0. The molecule has 0 saturated heterocycles. The van der Waals surface area contributed by atoms with Crippen LogP contribution >= 0.6 is 0 Å². The molecule has 4 heteroatoms. The molecule has 17 heavy (non-hydrogen) atoms. The van der Waals surface area contributed by atoms with E-state index in [1.165, 1.54) is 22.1 Å². The fraction of sp³-hybridized carbons (Fsp3) is 0.0769. The fourth-order valence-electron chi connectivity index (χ4n) is 1.90. The van der Waals surface area contributed by atoms with E-state index in [-0.39, 0.29) is 65.4 Å². The van der Waals surface area contributed by atoms with Gasteiger partial charge in [-0.3, -0.25) is 0 Å². The maximum absolute atomic E-state index is 7.00. The van der Waals surface area contributed by atoms with Crippen LogP contribution in [0.3, 0.4) is 0 Å². The number of benzene rings is 2. The van der Waals surface area contributed by atoms with Gasteiger partial charge in [0.05, 0.1) is 0 Å². The van der Waals surface area contributed by atoms with Crippen LogP contribution in [0.2, 0.25) is 0 Å². The molecule has 0 bridgehead atoms. The van der Waals surface area contributed by atoms with E-state index in [9.17, 15) is 0 Å². The van der Waals surface area contributed by atoms with Crippen molar-refractivity contribution in [2.45, 2.75) is 0 Å². The van der Waals surface area contributed by atoms with Crippen LogP contribution in [0.25, 0.3) is 11.1 Å². The minimum absolute atomic E-state index is 0. The fourth-order valence-corrected chi connectivity index (χ4v) is 1.90. The topological polar surface area (TPSA) is 20.2 Å². The molecule has 0 atom stereocenters. The number of rotatable bonds is 0. The summed E-state index contributed by atoms with van der Waals surface area (Å²) in [6.07, 6.45) is 0. The van der Waals surface area contributed by atoms with Crippen molar-refractivity contribution < 1.29 is 70.5 Å². The smallest absolute Gasteiger partial charge is 0.193 e. The molecule has 0 fully saturated rings. The summed E-state index contributed by atoms with van der Waals surface area (Å²) in [4.78, 5) is 0. The molecule has 1 aliphatic heterocycles. The maximum Gasteiger partial charge on any atom is 0.193 e. The maximum atomic E-state index is 7.00. The number of fused-ring (bicyclic) bond motifs is 3. The van der Waals surface area contributed by atoms with Crippen LogP contribution in [0, 0.1) is 0 Å². The molecule has 1 aliphatic rings. The van der Waals surface area contributed by atoms with Gasteiger partial charge in [-0.1, -0.05) is 59.5 Å². The Morgan fingerprint density at radius 2 is 1.06 bits per heavy atom. The third kappa shape index (κ3) is 3.82. The van der Waals surface area contributed by atoms with Gasteiger partial charge in [0.25, 0.3) is 0 Å². The van der Waals surface area contributed by atoms with Gasteiger partial charge in [-0.15, -0.1) is 0 Å². The second kappa shape index (κ2) is 8.72. The molecule has 3 radical (unpaired) electrons. The Kier molecular flexibility index (Phi) is 9.06. The quantitative estimate of drug-likeness (QED) is 0.582. The zero-order valence-corrected chi connectivity index (χ0v) is 15.5. The van der Waals surface area contributed by atoms with Gasteiger partial charge in [0.1, 0.15) is 0 Å². The Bertz CT molecular complexity index is 431. The summed E-state index contributed by atoms with van der Waals surface area (Å²) in [6.45, 7) is 0. The summed E-state index contributed by atoms with van der Waals surface area (Å²) in [7, 11) is 3.24. The monoisotopic (exact) mass is 373 g/mol. The number of aliphatic hydroxyl groups excluding tert-OH is 1. The molecular weight excluding hydrogens is 361 g/mol. The average Bonchev–Trinajstić information content (AvgIpc) is 2.70. The Labute approximate surface area is 153 Å². The van der Waals surface area contributed by atoms with Gasteiger partial charge in [0, 0.05) is 72.5 Å². The van der Waals surface area contributed by atoms with Crippen LogP contribution in [0.5, 0.6) is 0 Å². The van der Waals surface area contributed by atoms with Crippen LogP contribution in [-0.2, 0) is 65.4 Å². The minimum Gasteiger partial charge on any atom is -0.400 e. The Morgan fingerprint density at radius 3 is 1.47 bits per heavy atom. The molecule has 1 nitrogen and oxygen atoms in total. The molecule has 0 spiro atoms. The molecule has 0 aliphatic carbocycles. The van der Waals surface area contributed by atoms with E-state index in [2.05, 4.69) is 55.8 Å². The molecular formula is C13H12BOY2. The van der Waals surface area contributed by atoms with Crippen LogP contribution in [0.15, 0.2) is 48.5 Å². The Morgan fingerprint density at radius 1 is 0.706 bits per heavy atom. The van der Waals surface area contributed by atoms with Crippen LogP contribution in [0.4, 0.5) is 0 Å². The summed E-state index contributed by atoms with van der Waals surface area (Å²) in [5.41, 5.74) is 5.39. The van der Waals surface area contributed by atoms with E-state index >= 15 is 0 Å². The van der Waals surface area contributed by atoms with E-state index in [4.69, 9.17) is 5.11 Å². The summed E-state index contributed by atoms with van der Waals surface area (Å²) in [6, 6.07) is 17.0. The van der Waals surface area contributed by atoms with Crippen LogP contribution in [-0.4, -0.2) is 19.5 Å². The van der Waals surface area contributed by atoms with Crippen molar-refractivity contribution >= 4 is 18.2 Å². The standard InChI is InChI=1S/C12H8B.CH4O.2Y/c1-3-7-11-9(5-1)10-6-2-4-8-12(10)13-11;1-2;;/h1-8H;2H,1H3;;. The predicted molar refractivity (Wildman–Crippen MR) is 65.0 cm³/mol. The first-order chi connectivity index (χ1) is 7.45. The molecule has 2 aromatic rings. The summed E-state index contributed by atoms with van der Waals surface area (Å²) in [5, 5.41) is 7.00. The summed E-state index contributed by atoms with van der Waals surface area (Å²) >= 11 is 0. The van der Waals surface area contributed by atoms with E-state index in [0.717, 1.165) is 7.11 Å². The average molecular weight is 373 g/mol. The third-order valence-corrected chi connectivity index (χ3v) is 2.52. The first kappa shape index (κ1) is 17.7. The van der Waals surface area contributed by atoms with Gasteiger partial charge >= 0.3 is 0 Å². The summed E-state index contributed by atoms with van der Waals surface area (Å²) < 4.78 is 0. The second-order valence-corrected chi connectivity index (χ2v) is 3.32. The van der Waals surface area contributed by atoms with E-state index < -0.39 is 0 Å². The largest absolute Gasteiger partial charge is 0.400 e. The number of aliphatic hydroxyl groups is 1. The number of hydrogen-bond donors (Lipinski definition) is 1. The molecule has 0 saturated carbocycles. The molecule has 2 aromatic carbocycles. The molecule has 0 amide bonds. The van der Waals surface area contributed by atoms with Gasteiger partial charge in [-0.05, 0) is 11.1 Å². The third-order valence-electron chi connectivity index (χ3n) is 2.52. The van der Waals surface area contributed by atoms with Crippen molar-refractivity contribution in [3.05, 3.63) is 48.5 Å². The molecule has 0 unspecified atom stereocenters. The number of hydrogen-bond acceptors (Lipinski definition) is 1. The molecule has 1 N–H and O–H groups in total. The van der Waals surface area contributed by atoms with Crippen molar-refractivity contribution in [3.63, 3.8) is 0 Å². The van der Waals surface area contributed by atoms with Crippen molar-refractivity contribution in [3.8, 4) is 11.1 Å². The van der Waals surface area contributed by atoms with Gasteiger partial charge in [-0.2, -0.15) is 0 Å². The first-order valence-corrected chi connectivity index (χ1v) is 4.93. The zero-order valence-electron chi connectivity index (χ0n) is 9.80. The van der Waals surface area contributed by atoms with E-state index in [0.29, 0.717) is 0 Å². The zero-order chi connectivity index (χ0) is 10.7. The van der Waals surface area contributed by atoms with Crippen molar-refractivity contribution in [2.24, 2.45) is 0 Å². The van der Waals surface area contributed by atoms with E-state index in [1.807, 2.05) is 0 Å². The van der Waals surface area contributed by atoms with Crippen molar-refractivity contribution in [1.29, 1.82) is 0 Å². The van der Waals surface area contributed by atoms with Crippen molar-refractivity contribution in [1.82, 2.24) is 0 Å². The van der Waals surface area contributed by atoms with Crippen molar-refractivity contribution in [2.75, 3.05) is 7.11 Å². The molecule has 79 valence electrons. The summed E-state index contributed by atoms with van der Waals surface area (Å²) in [5.74, 6) is 0. The van der Waals surface area contributed by atoms with Gasteiger partial charge in [0.2, 0.25) is 0 Å². The van der Waals surface area contributed by atoms with Crippen LogP contribution in [0.1, 0.15) is 0 Å². The normalized spacial score (nSPS) is 9.29. The van der Waals surface area contributed by atoms with Gasteiger partial charge in [0.15, 0.2) is 7.28 Å². The van der Waals surface area contributed by atoms with Crippen LogP contribution < -0.4 is 10.9 Å². The first-order valence-electron chi connectivity index (χ1n) is 4.93. The Hall–Kier alpha value is 0.673. The molecule has 0 aromatic heterocycles. The van der Waals surface area contributed by atoms with Gasteiger partial charge < -0.3 is 5.11 Å². The van der Waals surface area contributed by atoms with Gasteiger partial charge in [-0.25, -0.2) is 0 Å².